The summed E-state index contributed by atoms with van der Waals surface area (Å²) < 4.78 is 17.7. The van der Waals surface area contributed by atoms with E-state index < -0.39 is 5.82 Å². The fourth-order valence-corrected chi connectivity index (χ4v) is 5.07. The highest BCUT2D eigenvalue weighted by molar-refractivity contribution is 6.32. The van der Waals surface area contributed by atoms with Gasteiger partial charge >= 0.3 is 5.69 Å². The van der Waals surface area contributed by atoms with Gasteiger partial charge in [0.1, 0.15) is 23.7 Å². The molecule has 3 heterocycles. The van der Waals surface area contributed by atoms with Gasteiger partial charge in [0.15, 0.2) is 0 Å². The lowest BCUT2D eigenvalue weighted by Gasteiger charge is -2.39. The van der Waals surface area contributed by atoms with Crippen molar-refractivity contribution < 1.29 is 14.3 Å². The predicted molar refractivity (Wildman–Crippen MR) is 157 cm³/mol. The normalized spacial score (nSPS) is 14.4. The van der Waals surface area contributed by atoms with Crippen molar-refractivity contribution in [1.29, 1.82) is 0 Å². The summed E-state index contributed by atoms with van der Waals surface area (Å²) in [6.07, 6.45) is 7.67. The van der Waals surface area contributed by atoms with Crippen molar-refractivity contribution in [3.05, 3.63) is 82.4 Å². The molecule has 2 aromatic heterocycles. The summed E-state index contributed by atoms with van der Waals surface area (Å²) in [5, 5.41) is 14.9. The Morgan fingerprint density at radius 2 is 1.70 bits per heavy atom. The number of halogens is 2. The maximum atomic E-state index is 14.8. The maximum Gasteiger partial charge on any atom is 0.332 e. The van der Waals surface area contributed by atoms with E-state index in [9.17, 15) is 14.3 Å². The molecular formula is C30H33ClFN5O3. The van der Waals surface area contributed by atoms with Gasteiger partial charge in [-0.1, -0.05) is 17.7 Å². The second kappa shape index (κ2) is 12.1. The minimum atomic E-state index is -0.483. The predicted octanol–water partition coefficient (Wildman–Crippen LogP) is 5.19. The van der Waals surface area contributed by atoms with Crippen molar-refractivity contribution in [3.8, 4) is 33.7 Å². The Morgan fingerprint density at radius 1 is 1.07 bits per heavy atom. The van der Waals surface area contributed by atoms with Crippen LogP contribution in [0.15, 0.2) is 65.8 Å². The highest BCUT2D eigenvalue weighted by atomic mass is 35.5. The van der Waals surface area contributed by atoms with E-state index in [1.54, 1.807) is 49.9 Å². The number of aromatic hydroxyl groups is 1. The third kappa shape index (κ3) is 5.95. The van der Waals surface area contributed by atoms with E-state index in [-0.39, 0.29) is 17.0 Å². The Labute approximate surface area is 237 Å². The number of piperidine rings is 1. The molecule has 1 aliphatic heterocycles. The number of hydrogen-bond donors (Lipinski definition) is 2. The Morgan fingerprint density at radius 3 is 2.25 bits per heavy atom. The van der Waals surface area contributed by atoms with Crippen LogP contribution in [-0.2, 0) is 11.8 Å². The van der Waals surface area contributed by atoms with Crippen molar-refractivity contribution in [2.75, 3.05) is 25.0 Å². The van der Waals surface area contributed by atoms with Crippen LogP contribution in [0, 0.1) is 5.82 Å². The van der Waals surface area contributed by atoms with Crippen LogP contribution >= 0.6 is 11.6 Å². The number of hydrogen-bond acceptors (Lipinski definition) is 6. The molecule has 4 aromatic rings. The first kappa shape index (κ1) is 29.0. The van der Waals surface area contributed by atoms with Crippen LogP contribution in [0.1, 0.15) is 26.7 Å². The minimum absolute atomic E-state index is 0.0550. The van der Waals surface area contributed by atoms with Crippen molar-refractivity contribution in [3.63, 3.8) is 0 Å². The van der Waals surface area contributed by atoms with Crippen molar-refractivity contribution in [2.24, 2.45) is 7.05 Å². The number of nitrogens with one attached hydrogen (secondary N) is 1. The fourth-order valence-electron chi connectivity index (χ4n) is 4.79. The first-order valence-electron chi connectivity index (χ1n) is 13.0. The summed E-state index contributed by atoms with van der Waals surface area (Å²) in [5.74, 6) is 0.255. The van der Waals surface area contributed by atoms with Gasteiger partial charge < -0.3 is 24.7 Å². The van der Waals surface area contributed by atoms with Gasteiger partial charge in [0, 0.05) is 55.4 Å². The SMILES string of the molecule is CC=O.CNC1(C)CCN(c2cc(-c3cc(F)cc(-c4ccc(-n5ccn(C)c5=O)c(Cl)c4)c3O)ccn2)CC1. The van der Waals surface area contributed by atoms with Crippen LogP contribution in [0.25, 0.3) is 27.9 Å². The number of carbonyl (C=O) groups excluding carboxylic acids is 1. The van der Waals surface area contributed by atoms with Crippen LogP contribution in [0.2, 0.25) is 5.02 Å². The lowest BCUT2D eigenvalue weighted by atomic mass is 9.90. The number of aryl methyl sites for hydroxylation is 1. The smallest absolute Gasteiger partial charge is 0.332 e. The molecule has 1 saturated heterocycles. The third-order valence-corrected chi connectivity index (χ3v) is 7.69. The molecule has 0 radical (unpaired) electrons. The topological polar surface area (TPSA) is 92.4 Å². The van der Waals surface area contributed by atoms with Gasteiger partial charge in [0.2, 0.25) is 0 Å². The molecule has 1 aliphatic rings. The lowest BCUT2D eigenvalue weighted by molar-refractivity contribution is -0.106. The molecule has 0 saturated carbocycles. The molecular weight excluding hydrogens is 533 g/mol. The van der Waals surface area contributed by atoms with E-state index in [0.29, 0.717) is 33.0 Å². The van der Waals surface area contributed by atoms with E-state index >= 15 is 0 Å². The Hall–Kier alpha value is -3.95. The zero-order chi connectivity index (χ0) is 29.0. The second-order valence-electron chi connectivity index (χ2n) is 10.0. The number of benzene rings is 2. The molecule has 210 valence electrons. The summed E-state index contributed by atoms with van der Waals surface area (Å²) in [6, 6.07) is 11.3. The molecule has 5 rings (SSSR count). The van der Waals surface area contributed by atoms with Gasteiger partial charge in [0.25, 0.3) is 0 Å². The number of nitrogens with zero attached hydrogens (tertiary/aromatic N) is 4. The number of aromatic nitrogens is 3. The van der Waals surface area contributed by atoms with Gasteiger partial charge in [-0.05, 0) is 81.3 Å². The first-order valence-corrected chi connectivity index (χ1v) is 13.4. The number of carbonyl (C=O) groups is 1. The standard InChI is InChI=1S/C28H29ClFN5O2.C2H4O/c1-28(31-2)7-10-34(11-8-28)25-15-19(6-9-32-25)22-17-20(30)16-21(26(22)36)18-4-5-24(23(29)14-18)35-13-12-33(3)27(35)37;1-2-3/h4-6,9,12-17,31,36H,7-8,10-11H2,1-3H3;2H,1H3. The molecule has 2 N–H and O–H groups in total. The second-order valence-corrected chi connectivity index (χ2v) is 10.4. The molecule has 0 aliphatic carbocycles. The largest absolute Gasteiger partial charge is 0.507 e. The van der Waals surface area contributed by atoms with Crippen molar-refractivity contribution >= 4 is 23.7 Å². The number of pyridine rings is 1. The van der Waals surface area contributed by atoms with Crippen LogP contribution < -0.4 is 15.9 Å². The monoisotopic (exact) mass is 565 g/mol. The number of rotatable bonds is 5. The molecule has 10 heteroatoms. The number of phenols is 1. The van der Waals surface area contributed by atoms with E-state index in [2.05, 4.69) is 22.1 Å². The highest BCUT2D eigenvalue weighted by Crippen LogP contribution is 2.41. The number of imidazole rings is 1. The molecule has 0 atom stereocenters. The van der Waals surface area contributed by atoms with Gasteiger partial charge in [-0.3, -0.25) is 4.57 Å². The number of aldehydes is 1. The summed E-state index contributed by atoms with van der Waals surface area (Å²) in [4.78, 5) is 27.9. The highest BCUT2D eigenvalue weighted by Gasteiger charge is 2.29. The van der Waals surface area contributed by atoms with Gasteiger partial charge in [-0.15, -0.1) is 0 Å². The molecule has 1 fully saturated rings. The van der Waals surface area contributed by atoms with E-state index in [1.165, 1.54) is 28.2 Å². The van der Waals surface area contributed by atoms with Crippen LogP contribution in [0.3, 0.4) is 0 Å². The summed E-state index contributed by atoms with van der Waals surface area (Å²) in [6.45, 7) is 5.37. The average molecular weight is 566 g/mol. The van der Waals surface area contributed by atoms with E-state index in [4.69, 9.17) is 16.4 Å². The fraction of sp³-hybridized carbons (Fsp3) is 0.300. The molecule has 2 aromatic carbocycles. The average Bonchev–Trinajstić information content (AvgIpc) is 3.28. The molecule has 0 spiro atoms. The zero-order valence-corrected chi connectivity index (χ0v) is 23.7. The minimum Gasteiger partial charge on any atom is -0.507 e. The van der Waals surface area contributed by atoms with Gasteiger partial charge in [-0.25, -0.2) is 14.2 Å². The molecule has 0 bridgehead atoms. The Balaban J connectivity index is 0.00000118. The zero-order valence-electron chi connectivity index (χ0n) is 23.0. The third-order valence-electron chi connectivity index (χ3n) is 7.39. The Kier molecular flexibility index (Phi) is 8.76. The number of phenolic OH excluding ortho intramolecular Hbond substituents is 1. The van der Waals surface area contributed by atoms with Gasteiger partial charge in [0.05, 0.1) is 10.7 Å². The number of anilines is 1. The Bertz CT molecular complexity index is 1570. The van der Waals surface area contributed by atoms with E-state index in [0.717, 1.165) is 38.0 Å². The lowest BCUT2D eigenvalue weighted by Crippen LogP contribution is -2.50. The molecule has 0 amide bonds. The quantitative estimate of drug-likeness (QED) is 0.324. The van der Waals surface area contributed by atoms with Crippen molar-refractivity contribution in [2.45, 2.75) is 32.2 Å². The van der Waals surface area contributed by atoms with Crippen LogP contribution in [0.5, 0.6) is 5.75 Å². The van der Waals surface area contributed by atoms with Gasteiger partial charge in [-0.2, -0.15) is 0 Å². The van der Waals surface area contributed by atoms with Crippen LogP contribution in [0.4, 0.5) is 10.2 Å². The maximum absolute atomic E-state index is 14.8. The molecule has 8 nitrogen and oxygen atoms in total. The summed E-state index contributed by atoms with van der Waals surface area (Å²) in [5.41, 5.74) is 2.26. The summed E-state index contributed by atoms with van der Waals surface area (Å²) >= 11 is 6.52. The molecule has 40 heavy (non-hydrogen) atoms. The summed E-state index contributed by atoms with van der Waals surface area (Å²) in [7, 11) is 3.64. The van der Waals surface area contributed by atoms with Crippen LogP contribution in [-0.4, -0.2) is 51.2 Å². The first-order chi connectivity index (χ1) is 19.1. The van der Waals surface area contributed by atoms with Crippen molar-refractivity contribution in [1.82, 2.24) is 19.4 Å². The molecule has 0 unspecified atom stereocenters. The van der Waals surface area contributed by atoms with E-state index in [1.807, 2.05) is 13.1 Å².